The molecule has 3 atom stereocenters. The number of aromatic nitrogens is 2. The summed E-state index contributed by atoms with van der Waals surface area (Å²) in [6.45, 7) is 3.11. The van der Waals surface area contributed by atoms with E-state index in [-0.39, 0.29) is 23.6 Å². The molecule has 0 unspecified atom stereocenters. The molecule has 1 saturated carbocycles. The van der Waals surface area contributed by atoms with Crippen molar-refractivity contribution in [2.45, 2.75) is 38.3 Å². The highest BCUT2D eigenvalue weighted by molar-refractivity contribution is 7.13. The van der Waals surface area contributed by atoms with E-state index in [1.807, 2.05) is 12.3 Å². The smallest absolute Gasteiger partial charge is 0.342 e. The van der Waals surface area contributed by atoms with Gasteiger partial charge in [0, 0.05) is 24.9 Å². The average Bonchev–Trinajstić information content (AvgIpc) is 3.14. The molecule has 2 aliphatic rings. The zero-order valence-corrected chi connectivity index (χ0v) is 15.7. The van der Waals surface area contributed by atoms with Gasteiger partial charge in [0.1, 0.15) is 11.5 Å². The zero-order chi connectivity index (χ0) is 19.2. The van der Waals surface area contributed by atoms with E-state index < -0.39 is 11.9 Å². The Labute approximate surface area is 159 Å². The van der Waals surface area contributed by atoms with Crippen molar-refractivity contribution in [3.63, 3.8) is 0 Å². The lowest BCUT2D eigenvalue weighted by atomic mass is 9.96. The minimum absolute atomic E-state index is 0.0767. The molecule has 144 valence electrons. The zero-order valence-electron chi connectivity index (χ0n) is 14.9. The summed E-state index contributed by atoms with van der Waals surface area (Å²) < 4.78 is 40.1. The summed E-state index contributed by atoms with van der Waals surface area (Å²) in [6, 6.07) is 4.54. The second-order valence-electron chi connectivity index (χ2n) is 7.41. The van der Waals surface area contributed by atoms with Crippen LogP contribution in [0.2, 0.25) is 0 Å². The van der Waals surface area contributed by atoms with E-state index in [9.17, 15) is 18.0 Å². The molecule has 0 N–H and O–H groups in total. The topological polar surface area (TPSA) is 46.1 Å². The summed E-state index contributed by atoms with van der Waals surface area (Å²) in [5.41, 5.74) is -0.628. The van der Waals surface area contributed by atoms with Crippen LogP contribution in [0.5, 0.6) is 0 Å². The third-order valence-corrected chi connectivity index (χ3v) is 6.22. The molecule has 0 radical (unpaired) electrons. The molecule has 3 heterocycles. The second kappa shape index (κ2) is 6.89. The maximum absolute atomic E-state index is 13.4. The molecule has 4 nitrogen and oxygen atoms in total. The Balaban J connectivity index is 1.63. The van der Waals surface area contributed by atoms with E-state index in [0.717, 1.165) is 18.9 Å². The number of hydrogen-bond donors (Lipinski definition) is 0. The first kappa shape index (κ1) is 18.4. The molecule has 2 aromatic heterocycles. The lowest BCUT2D eigenvalue weighted by molar-refractivity contribution is -0.141. The maximum atomic E-state index is 13.4. The van der Waals surface area contributed by atoms with Gasteiger partial charge in [-0.05, 0) is 42.7 Å². The summed E-state index contributed by atoms with van der Waals surface area (Å²) in [7, 11) is 0. The van der Waals surface area contributed by atoms with Gasteiger partial charge in [-0.3, -0.25) is 4.79 Å². The van der Waals surface area contributed by atoms with Crippen LogP contribution in [0, 0.1) is 11.8 Å². The van der Waals surface area contributed by atoms with E-state index in [2.05, 4.69) is 9.97 Å². The van der Waals surface area contributed by atoms with Crippen LogP contribution in [0.15, 0.2) is 23.6 Å². The van der Waals surface area contributed by atoms with E-state index >= 15 is 0 Å². The van der Waals surface area contributed by atoms with Gasteiger partial charge in [-0.1, -0.05) is 13.0 Å². The van der Waals surface area contributed by atoms with Gasteiger partial charge in [0.15, 0.2) is 0 Å². The van der Waals surface area contributed by atoms with Gasteiger partial charge in [-0.25, -0.2) is 9.97 Å². The fraction of sp³-hybridized carbons (Fsp3) is 0.526. The van der Waals surface area contributed by atoms with Crippen molar-refractivity contribution < 1.29 is 18.0 Å². The number of piperidine rings is 1. The van der Waals surface area contributed by atoms with Crippen LogP contribution in [-0.4, -0.2) is 33.9 Å². The minimum Gasteiger partial charge on any atom is -0.342 e. The maximum Gasteiger partial charge on any atom is 0.433 e. The largest absolute Gasteiger partial charge is 0.433 e. The van der Waals surface area contributed by atoms with Crippen LogP contribution in [-0.2, 0) is 11.0 Å². The van der Waals surface area contributed by atoms with E-state index in [0.29, 0.717) is 36.0 Å². The highest BCUT2D eigenvalue weighted by Crippen LogP contribution is 2.40. The Hall–Kier alpha value is -1.96. The molecule has 4 rings (SSSR count). The van der Waals surface area contributed by atoms with Gasteiger partial charge < -0.3 is 4.90 Å². The minimum atomic E-state index is -4.53. The number of carbonyl (C=O) groups excluding carboxylic acids is 1. The van der Waals surface area contributed by atoms with Crippen molar-refractivity contribution in [2.24, 2.45) is 11.8 Å². The molecule has 0 bridgehead atoms. The summed E-state index contributed by atoms with van der Waals surface area (Å²) in [4.78, 5) is 23.3. The van der Waals surface area contributed by atoms with E-state index in [4.69, 9.17) is 0 Å². The van der Waals surface area contributed by atoms with Crippen LogP contribution in [0.25, 0.3) is 10.6 Å². The molecule has 1 aliphatic heterocycles. The van der Waals surface area contributed by atoms with Crippen molar-refractivity contribution in [3.05, 3.63) is 35.1 Å². The van der Waals surface area contributed by atoms with Gasteiger partial charge in [-0.2, -0.15) is 13.2 Å². The molecule has 2 fully saturated rings. The van der Waals surface area contributed by atoms with Gasteiger partial charge in [-0.15, -0.1) is 11.3 Å². The molecule has 27 heavy (non-hydrogen) atoms. The first-order chi connectivity index (χ1) is 12.8. The third-order valence-electron chi connectivity index (χ3n) is 5.33. The van der Waals surface area contributed by atoms with E-state index in [1.165, 1.54) is 11.3 Å². The summed E-state index contributed by atoms with van der Waals surface area (Å²) in [5.74, 6) is 0.533. The summed E-state index contributed by atoms with van der Waals surface area (Å²) in [6.07, 6.45) is -2.18. The number of amides is 1. The second-order valence-corrected chi connectivity index (χ2v) is 8.36. The molecular formula is C19H20F3N3OS. The Bertz CT molecular complexity index is 837. The number of nitrogens with zero attached hydrogens (tertiary/aromatic N) is 3. The normalized spacial score (nSPS) is 25.5. The number of alkyl halides is 3. The highest BCUT2D eigenvalue weighted by Gasteiger charge is 2.43. The molecule has 1 saturated heterocycles. The van der Waals surface area contributed by atoms with Crippen molar-refractivity contribution in [1.29, 1.82) is 0 Å². The summed E-state index contributed by atoms with van der Waals surface area (Å²) >= 11 is 1.35. The summed E-state index contributed by atoms with van der Waals surface area (Å²) in [5, 5.41) is 1.81. The predicted molar refractivity (Wildman–Crippen MR) is 96.2 cm³/mol. The first-order valence-corrected chi connectivity index (χ1v) is 9.99. The van der Waals surface area contributed by atoms with Gasteiger partial charge in [0.05, 0.1) is 10.6 Å². The van der Waals surface area contributed by atoms with Crippen LogP contribution in [0.4, 0.5) is 13.2 Å². The van der Waals surface area contributed by atoms with Gasteiger partial charge in [0.2, 0.25) is 5.91 Å². The monoisotopic (exact) mass is 395 g/mol. The van der Waals surface area contributed by atoms with Crippen LogP contribution in [0.3, 0.4) is 0 Å². The van der Waals surface area contributed by atoms with Crippen molar-refractivity contribution in [3.8, 4) is 10.6 Å². The van der Waals surface area contributed by atoms with Crippen LogP contribution < -0.4 is 0 Å². The molecule has 0 spiro atoms. The van der Waals surface area contributed by atoms with Gasteiger partial charge in [0.25, 0.3) is 0 Å². The first-order valence-electron chi connectivity index (χ1n) is 9.12. The van der Waals surface area contributed by atoms with E-state index in [1.54, 1.807) is 17.0 Å². The van der Waals surface area contributed by atoms with Crippen LogP contribution >= 0.6 is 11.3 Å². The highest BCUT2D eigenvalue weighted by atomic mass is 32.1. The SMILES string of the molecule is C[C@@H]1C[C@H]1C(=O)N1CCC[C@H](c2nc(-c3cccs3)cc(C(F)(F)F)n2)C1. The lowest BCUT2D eigenvalue weighted by Crippen LogP contribution is -2.40. The Morgan fingerprint density at radius 3 is 2.74 bits per heavy atom. The molecule has 2 aromatic rings. The fourth-order valence-electron chi connectivity index (χ4n) is 3.63. The number of likely N-dealkylation sites (tertiary alicyclic amines) is 1. The van der Waals surface area contributed by atoms with Crippen molar-refractivity contribution in [2.75, 3.05) is 13.1 Å². The standard InChI is InChI=1S/C19H20F3N3OS/c1-11-8-13(11)18(26)25-6-2-4-12(10-25)17-23-14(15-5-3-7-27-15)9-16(24-17)19(20,21)22/h3,5,7,9,11-13H,2,4,6,8,10H2,1H3/t11-,12+,13-/m1/s1. The van der Waals surface area contributed by atoms with Crippen molar-refractivity contribution >= 4 is 17.2 Å². The average molecular weight is 395 g/mol. The number of hydrogen-bond acceptors (Lipinski definition) is 4. The lowest BCUT2D eigenvalue weighted by Gasteiger charge is -2.32. The Morgan fingerprint density at radius 2 is 2.11 bits per heavy atom. The molecular weight excluding hydrogens is 375 g/mol. The molecule has 0 aromatic carbocycles. The number of thiophene rings is 1. The Kier molecular flexibility index (Phi) is 4.70. The van der Waals surface area contributed by atoms with Gasteiger partial charge >= 0.3 is 6.18 Å². The predicted octanol–water partition coefficient (Wildman–Crippen LogP) is 4.59. The number of rotatable bonds is 3. The van der Waals surface area contributed by atoms with Crippen LogP contribution in [0.1, 0.15) is 43.6 Å². The Morgan fingerprint density at radius 1 is 1.33 bits per heavy atom. The number of halogens is 3. The van der Waals surface area contributed by atoms with Crippen molar-refractivity contribution in [1.82, 2.24) is 14.9 Å². The third kappa shape index (κ3) is 3.85. The molecule has 8 heteroatoms. The quantitative estimate of drug-likeness (QED) is 0.764. The number of carbonyl (C=O) groups is 1. The molecule has 1 amide bonds. The molecule has 1 aliphatic carbocycles. The fourth-order valence-corrected chi connectivity index (χ4v) is 4.32.